The molecular formula is C16H26N2O4S. The molecule has 0 amide bonds. The minimum atomic E-state index is -0.865. The summed E-state index contributed by atoms with van der Waals surface area (Å²) in [6.07, 6.45) is 3.76. The number of rotatable bonds is 5. The molecule has 2 rings (SSSR count). The highest BCUT2D eigenvalue weighted by atomic mass is 32.2. The van der Waals surface area contributed by atoms with Gasteiger partial charge in [-0.05, 0) is 39.9 Å². The Kier molecular flexibility index (Phi) is 5.73. The van der Waals surface area contributed by atoms with E-state index in [0.717, 1.165) is 0 Å². The third-order valence-electron chi connectivity index (χ3n) is 3.90. The van der Waals surface area contributed by atoms with Crippen molar-refractivity contribution in [1.29, 1.82) is 0 Å². The largest absolute Gasteiger partial charge is 0.459 e. The van der Waals surface area contributed by atoms with Gasteiger partial charge in [0, 0.05) is 24.9 Å². The highest BCUT2D eigenvalue weighted by Gasteiger charge is 2.48. The van der Waals surface area contributed by atoms with Crippen molar-refractivity contribution in [3.05, 3.63) is 11.7 Å². The number of thioether (sulfide) groups is 1. The average molecular weight is 342 g/mol. The van der Waals surface area contributed by atoms with Crippen LogP contribution in [0.5, 0.6) is 0 Å². The van der Waals surface area contributed by atoms with E-state index < -0.39 is 11.0 Å². The highest BCUT2D eigenvalue weighted by Crippen LogP contribution is 2.36. The molecular weight excluding hydrogens is 316 g/mol. The summed E-state index contributed by atoms with van der Waals surface area (Å²) in [6.45, 7) is 8.67. The van der Waals surface area contributed by atoms with E-state index >= 15 is 0 Å². The Morgan fingerprint density at radius 1 is 1.39 bits per heavy atom. The average Bonchev–Trinajstić information content (AvgIpc) is 2.95. The normalized spacial score (nSPS) is 19.3. The van der Waals surface area contributed by atoms with Crippen LogP contribution in [0, 0.1) is 0 Å². The molecule has 0 aliphatic carbocycles. The smallest absolute Gasteiger partial charge is 0.320 e. The summed E-state index contributed by atoms with van der Waals surface area (Å²) in [4.78, 5) is 17.3. The van der Waals surface area contributed by atoms with Crippen molar-refractivity contribution < 1.29 is 18.8 Å². The zero-order valence-electron chi connectivity index (χ0n) is 14.5. The van der Waals surface area contributed by atoms with E-state index in [-0.39, 0.29) is 5.97 Å². The molecule has 0 spiro atoms. The van der Waals surface area contributed by atoms with Crippen molar-refractivity contribution in [2.45, 2.75) is 63.2 Å². The SMILES string of the molecule is CSC(C)Cc1nc(C2(C(=O)OC(C)(C)C)CCOCC2)no1. The van der Waals surface area contributed by atoms with Crippen LogP contribution < -0.4 is 0 Å². The molecule has 1 aliphatic heterocycles. The number of ether oxygens (including phenoxy) is 2. The minimum Gasteiger partial charge on any atom is -0.459 e. The summed E-state index contributed by atoms with van der Waals surface area (Å²) in [5.74, 6) is 0.702. The predicted molar refractivity (Wildman–Crippen MR) is 88.6 cm³/mol. The molecule has 0 N–H and O–H groups in total. The standard InChI is InChI=1S/C16H26N2O4S/c1-11(23-5)10-12-17-13(18-22-12)16(6-8-20-9-7-16)14(19)21-15(2,3)4/h11H,6-10H2,1-5H3. The van der Waals surface area contributed by atoms with Gasteiger partial charge in [-0.3, -0.25) is 4.79 Å². The lowest BCUT2D eigenvalue weighted by molar-refractivity contribution is -0.166. The van der Waals surface area contributed by atoms with Gasteiger partial charge in [-0.2, -0.15) is 16.7 Å². The molecule has 130 valence electrons. The summed E-state index contributed by atoms with van der Waals surface area (Å²) < 4.78 is 16.4. The van der Waals surface area contributed by atoms with E-state index in [4.69, 9.17) is 14.0 Å². The number of hydrogen-bond donors (Lipinski definition) is 0. The van der Waals surface area contributed by atoms with Crippen LogP contribution in [-0.2, 0) is 26.1 Å². The lowest BCUT2D eigenvalue weighted by Crippen LogP contribution is -2.46. The quantitative estimate of drug-likeness (QED) is 0.762. The molecule has 1 aromatic heterocycles. The van der Waals surface area contributed by atoms with Gasteiger partial charge in [0.05, 0.1) is 0 Å². The van der Waals surface area contributed by atoms with E-state index in [9.17, 15) is 4.79 Å². The summed E-state index contributed by atoms with van der Waals surface area (Å²) >= 11 is 1.74. The van der Waals surface area contributed by atoms with Crippen LogP contribution in [0.2, 0.25) is 0 Å². The van der Waals surface area contributed by atoms with Gasteiger partial charge in [0.1, 0.15) is 11.0 Å². The molecule has 1 atom stereocenters. The second kappa shape index (κ2) is 7.21. The van der Waals surface area contributed by atoms with Crippen molar-refractivity contribution in [3.63, 3.8) is 0 Å². The van der Waals surface area contributed by atoms with Crippen molar-refractivity contribution >= 4 is 17.7 Å². The molecule has 1 unspecified atom stereocenters. The number of carbonyl (C=O) groups is 1. The zero-order chi connectivity index (χ0) is 17.1. The molecule has 0 aromatic carbocycles. The topological polar surface area (TPSA) is 74.5 Å². The molecule has 1 saturated heterocycles. The lowest BCUT2D eigenvalue weighted by atomic mass is 9.79. The fourth-order valence-electron chi connectivity index (χ4n) is 2.48. The molecule has 1 fully saturated rings. The molecule has 7 heteroatoms. The van der Waals surface area contributed by atoms with Crippen LogP contribution in [0.25, 0.3) is 0 Å². The monoisotopic (exact) mass is 342 g/mol. The van der Waals surface area contributed by atoms with E-state index in [1.54, 1.807) is 11.8 Å². The Bertz CT molecular complexity index is 532. The van der Waals surface area contributed by atoms with E-state index in [2.05, 4.69) is 17.1 Å². The summed E-state index contributed by atoms with van der Waals surface area (Å²) in [7, 11) is 0. The van der Waals surface area contributed by atoms with Gasteiger partial charge in [-0.25, -0.2) is 0 Å². The maximum absolute atomic E-state index is 12.8. The van der Waals surface area contributed by atoms with Crippen LogP contribution in [-0.4, -0.2) is 46.4 Å². The summed E-state index contributed by atoms with van der Waals surface area (Å²) in [5.41, 5.74) is -1.42. The van der Waals surface area contributed by atoms with Gasteiger partial charge >= 0.3 is 5.97 Å². The second-order valence-electron chi connectivity index (χ2n) is 6.96. The summed E-state index contributed by atoms with van der Waals surface area (Å²) in [6, 6.07) is 0. The van der Waals surface area contributed by atoms with Crippen molar-refractivity contribution in [3.8, 4) is 0 Å². The van der Waals surface area contributed by atoms with Crippen LogP contribution >= 0.6 is 11.8 Å². The Balaban J connectivity index is 2.26. The van der Waals surface area contributed by atoms with Crippen LogP contribution in [0.1, 0.15) is 52.3 Å². The molecule has 0 bridgehead atoms. The maximum atomic E-state index is 12.8. The fourth-order valence-corrected chi connectivity index (χ4v) is 2.79. The predicted octanol–water partition coefficient (Wildman–Crippen LogP) is 2.75. The first-order valence-electron chi connectivity index (χ1n) is 7.94. The first-order chi connectivity index (χ1) is 10.8. The van der Waals surface area contributed by atoms with Crippen LogP contribution in [0.3, 0.4) is 0 Å². The maximum Gasteiger partial charge on any atom is 0.320 e. The number of nitrogens with zero attached hydrogens (tertiary/aromatic N) is 2. The van der Waals surface area contributed by atoms with Crippen molar-refractivity contribution in [2.75, 3.05) is 19.5 Å². The lowest BCUT2D eigenvalue weighted by Gasteiger charge is -2.34. The van der Waals surface area contributed by atoms with Gasteiger partial charge in [0.2, 0.25) is 5.89 Å². The van der Waals surface area contributed by atoms with E-state index in [1.165, 1.54) is 0 Å². The van der Waals surface area contributed by atoms with Crippen LogP contribution in [0.4, 0.5) is 0 Å². The number of esters is 1. The number of carbonyl (C=O) groups excluding carboxylic acids is 1. The van der Waals surface area contributed by atoms with Gasteiger partial charge in [0.25, 0.3) is 0 Å². The molecule has 0 saturated carbocycles. The summed E-state index contributed by atoms with van der Waals surface area (Å²) in [5, 5.41) is 4.48. The number of aromatic nitrogens is 2. The van der Waals surface area contributed by atoms with Gasteiger partial charge < -0.3 is 14.0 Å². The first-order valence-corrected chi connectivity index (χ1v) is 9.23. The molecule has 1 aliphatic rings. The fraction of sp³-hybridized carbons (Fsp3) is 0.812. The van der Waals surface area contributed by atoms with Gasteiger partial charge in [-0.15, -0.1) is 0 Å². The van der Waals surface area contributed by atoms with E-state index in [0.29, 0.717) is 49.4 Å². The second-order valence-corrected chi connectivity index (χ2v) is 8.23. The molecule has 23 heavy (non-hydrogen) atoms. The van der Waals surface area contributed by atoms with E-state index in [1.807, 2.05) is 27.0 Å². The van der Waals surface area contributed by atoms with Gasteiger partial charge in [-0.1, -0.05) is 12.1 Å². The molecule has 6 nitrogen and oxygen atoms in total. The third-order valence-corrected chi connectivity index (χ3v) is 4.87. The Morgan fingerprint density at radius 2 is 2.04 bits per heavy atom. The first kappa shape index (κ1) is 18.3. The molecule has 1 aromatic rings. The van der Waals surface area contributed by atoms with Crippen molar-refractivity contribution in [2.24, 2.45) is 0 Å². The van der Waals surface area contributed by atoms with Crippen LogP contribution in [0.15, 0.2) is 4.52 Å². The minimum absolute atomic E-state index is 0.293. The molecule has 2 heterocycles. The third kappa shape index (κ3) is 4.47. The Morgan fingerprint density at radius 3 is 2.61 bits per heavy atom. The molecule has 0 radical (unpaired) electrons. The van der Waals surface area contributed by atoms with Crippen molar-refractivity contribution in [1.82, 2.24) is 10.1 Å². The highest BCUT2D eigenvalue weighted by molar-refractivity contribution is 7.99. The zero-order valence-corrected chi connectivity index (χ0v) is 15.4. The Labute approximate surface area is 141 Å². The van der Waals surface area contributed by atoms with Gasteiger partial charge in [0.15, 0.2) is 5.82 Å². The Hall–Kier alpha value is -1.08. The number of hydrogen-bond acceptors (Lipinski definition) is 7.